The lowest BCUT2D eigenvalue weighted by atomic mass is 9.82. The molecule has 1 saturated heterocycles. The Balaban J connectivity index is 1.58. The van der Waals surface area contributed by atoms with Crippen molar-refractivity contribution in [2.45, 2.75) is 44.5 Å². The predicted molar refractivity (Wildman–Crippen MR) is 135 cm³/mol. The van der Waals surface area contributed by atoms with Crippen LogP contribution in [0.5, 0.6) is 5.75 Å². The Labute approximate surface area is 211 Å². The number of aromatic nitrogens is 1. The minimum atomic E-state index is -2.23. The fourth-order valence-electron chi connectivity index (χ4n) is 4.39. The summed E-state index contributed by atoms with van der Waals surface area (Å²) in [6, 6.07) is 12.0. The molecule has 36 heavy (non-hydrogen) atoms. The smallest absolute Gasteiger partial charge is 0.410 e. The number of nitrogens with zero attached hydrogens (tertiary/aromatic N) is 3. The average Bonchev–Trinajstić information content (AvgIpc) is 2.87. The Morgan fingerprint density at radius 2 is 1.92 bits per heavy atom. The lowest BCUT2D eigenvalue weighted by Gasteiger charge is -2.44. The second-order valence-corrected chi connectivity index (χ2v) is 9.96. The summed E-state index contributed by atoms with van der Waals surface area (Å²) in [6.07, 6.45) is 7.78. The van der Waals surface area contributed by atoms with E-state index < -0.39 is 29.3 Å². The number of carbonyl (C=O) groups is 2. The van der Waals surface area contributed by atoms with Crippen LogP contribution in [0.3, 0.4) is 0 Å². The van der Waals surface area contributed by atoms with Crippen molar-refractivity contribution < 1.29 is 23.5 Å². The van der Waals surface area contributed by atoms with Crippen LogP contribution in [-0.4, -0.2) is 70.3 Å². The zero-order chi connectivity index (χ0) is 25.8. The van der Waals surface area contributed by atoms with Crippen LogP contribution in [0.4, 0.5) is 9.18 Å². The van der Waals surface area contributed by atoms with E-state index in [1.807, 2.05) is 18.2 Å². The summed E-state index contributed by atoms with van der Waals surface area (Å²) in [6.45, 7) is 6.04. The van der Waals surface area contributed by atoms with Crippen molar-refractivity contribution in [1.29, 1.82) is 0 Å². The number of pyridine rings is 1. The lowest BCUT2D eigenvalue weighted by Crippen LogP contribution is -2.62. The highest BCUT2D eigenvalue weighted by molar-refractivity contribution is 6.01. The van der Waals surface area contributed by atoms with Gasteiger partial charge >= 0.3 is 6.09 Å². The highest BCUT2D eigenvalue weighted by atomic mass is 19.1. The van der Waals surface area contributed by atoms with Crippen molar-refractivity contribution in [1.82, 2.24) is 14.8 Å². The molecule has 1 aromatic carbocycles. The van der Waals surface area contributed by atoms with E-state index >= 15 is 4.39 Å². The van der Waals surface area contributed by atoms with Crippen LogP contribution < -0.4 is 4.74 Å². The van der Waals surface area contributed by atoms with Crippen LogP contribution in [0.1, 0.15) is 32.8 Å². The number of carbonyl (C=O) groups excluding carboxylic acids is 2. The predicted octanol–water partition coefficient (Wildman–Crippen LogP) is 4.66. The molecule has 8 heteroatoms. The number of alkyl halides is 1. The summed E-state index contributed by atoms with van der Waals surface area (Å²) >= 11 is 0. The van der Waals surface area contributed by atoms with Gasteiger partial charge in [-0.15, -0.1) is 0 Å². The molecule has 0 spiro atoms. The third kappa shape index (κ3) is 5.75. The van der Waals surface area contributed by atoms with Gasteiger partial charge in [0.15, 0.2) is 0 Å². The van der Waals surface area contributed by atoms with E-state index in [-0.39, 0.29) is 32.7 Å². The van der Waals surface area contributed by atoms with Gasteiger partial charge in [0.05, 0.1) is 12.2 Å². The minimum Gasteiger partial charge on any atom is -0.490 e. The first kappa shape index (κ1) is 25.4. The highest BCUT2D eigenvalue weighted by Gasteiger charge is 2.48. The van der Waals surface area contributed by atoms with Gasteiger partial charge in [-0.05, 0) is 38.5 Å². The molecule has 0 bridgehead atoms. The highest BCUT2D eigenvalue weighted by Crippen LogP contribution is 2.39. The molecule has 7 nitrogen and oxygen atoms in total. The largest absolute Gasteiger partial charge is 0.490 e. The van der Waals surface area contributed by atoms with E-state index in [1.165, 1.54) is 4.90 Å². The van der Waals surface area contributed by atoms with Crippen LogP contribution in [0.2, 0.25) is 0 Å². The summed E-state index contributed by atoms with van der Waals surface area (Å²) in [5.74, 6) is -0.106. The maximum absolute atomic E-state index is 16.6. The molecule has 2 unspecified atom stereocenters. The summed E-state index contributed by atoms with van der Waals surface area (Å²) in [4.78, 5) is 33.7. The molecule has 0 saturated carbocycles. The van der Waals surface area contributed by atoms with Gasteiger partial charge < -0.3 is 19.3 Å². The molecule has 0 radical (unpaired) electrons. The SMILES string of the molecule is CC(C)(C)OC(=O)N1CCN(C(=O)C2(F)CC=CC=C2c2ccccc2)C(COc2cccnc2)C1. The number of hydrogen-bond donors (Lipinski definition) is 0. The van der Waals surface area contributed by atoms with Gasteiger partial charge in [0.1, 0.15) is 18.0 Å². The molecule has 2 heterocycles. The number of amides is 2. The lowest BCUT2D eigenvalue weighted by molar-refractivity contribution is -0.146. The second kappa shape index (κ2) is 10.5. The minimum absolute atomic E-state index is 0.0605. The average molecular weight is 494 g/mol. The first-order valence-corrected chi connectivity index (χ1v) is 12.1. The van der Waals surface area contributed by atoms with Gasteiger partial charge in [-0.25, -0.2) is 9.18 Å². The van der Waals surface area contributed by atoms with E-state index in [1.54, 1.807) is 80.6 Å². The van der Waals surface area contributed by atoms with Gasteiger partial charge in [0, 0.05) is 37.8 Å². The first-order chi connectivity index (χ1) is 17.2. The van der Waals surface area contributed by atoms with Crippen LogP contribution in [0.15, 0.2) is 73.1 Å². The zero-order valence-electron chi connectivity index (χ0n) is 20.9. The number of allylic oxidation sites excluding steroid dienone is 3. The Morgan fingerprint density at radius 3 is 2.61 bits per heavy atom. The van der Waals surface area contributed by atoms with Crippen molar-refractivity contribution in [3.8, 4) is 5.75 Å². The van der Waals surface area contributed by atoms with Crippen molar-refractivity contribution >= 4 is 17.6 Å². The molecule has 2 atom stereocenters. The molecular weight excluding hydrogens is 461 g/mol. The normalized spacial score (nSPS) is 22.1. The van der Waals surface area contributed by atoms with Crippen LogP contribution in [0, 0.1) is 0 Å². The quantitative estimate of drug-likeness (QED) is 0.606. The van der Waals surface area contributed by atoms with Gasteiger partial charge in [-0.3, -0.25) is 9.78 Å². The number of hydrogen-bond acceptors (Lipinski definition) is 5. The molecule has 1 aromatic heterocycles. The third-order valence-electron chi connectivity index (χ3n) is 6.12. The maximum atomic E-state index is 16.6. The van der Waals surface area contributed by atoms with E-state index in [0.29, 0.717) is 16.9 Å². The third-order valence-corrected chi connectivity index (χ3v) is 6.12. The van der Waals surface area contributed by atoms with Crippen molar-refractivity contribution in [2.24, 2.45) is 0 Å². The van der Waals surface area contributed by atoms with Gasteiger partial charge in [-0.1, -0.05) is 48.6 Å². The van der Waals surface area contributed by atoms with Gasteiger partial charge in [0.2, 0.25) is 5.67 Å². The van der Waals surface area contributed by atoms with Crippen molar-refractivity contribution in [2.75, 3.05) is 26.2 Å². The Morgan fingerprint density at radius 1 is 1.14 bits per heavy atom. The van der Waals surface area contributed by atoms with E-state index in [9.17, 15) is 9.59 Å². The summed E-state index contributed by atoms with van der Waals surface area (Å²) < 4.78 is 28.1. The molecule has 1 aliphatic heterocycles. The molecule has 4 rings (SSSR count). The Hall–Kier alpha value is -3.68. The molecule has 1 fully saturated rings. The zero-order valence-corrected chi connectivity index (χ0v) is 20.9. The number of rotatable bonds is 5. The van der Waals surface area contributed by atoms with Gasteiger partial charge in [-0.2, -0.15) is 0 Å². The summed E-state index contributed by atoms with van der Waals surface area (Å²) in [5.41, 5.74) is -1.89. The molecule has 2 aliphatic rings. The number of halogens is 1. The van der Waals surface area contributed by atoms with E-state index in [0.717, 1.165) is 0 Å². The molecule has 1 aliphatic carbocycles. The molecule has 190 valence electrons. The van der Waals surface area contributed by atoms with Crippen LogP contribution in [-0.2, 0) is 9.53 Å². The molecular formula is C28H32FN3O4. The number of piperazine rings is 1. The fraction of sp³-hybridized carbons (Fsp3) is 0.393. The Kier molecular flexibility index (Phi) is 7.43. The molecule has 2 amide bonds. The molecule has 2 aromatic rings. The topological polar surface area (TPSA) is 72.0 Å². The second-order valence-electron chi connectivity index (χ2n) is 9.96. The standard InChI is InChI=1S/C28H32FN3O4/c1-27(2,3)36-26(34)31-16-17-32(22(19-31)20-35-23-12-9-15-30-18-23)25(33)28(29)14-8-7-13-24(28)21-10-5-4-6-11-21/h4-13,15,18,22H,14,16-17,19-20H2,1-3H3. The van der Waals surface area contributed by atoms with Crippen LogP contribution >= 0.6 is 0 Å². The molecule has 0 N–H and O–H groups in total. The number of benzene rings is 1. The summed E-state index contributed by atoms with van der Waals surface area (Å²) in [5, 5.41) is 0. The Bertz CT molecular complexity index is 1130. The maximum Gasteiger partial charge on any atom is 0.410 e. The van der Waals surface area contributed by atoms with E-state index in [4.69, 9.17) is 9.47 Å². The number of ether oxygens (including phenoxy) is 2. The fourth-order valence-corrected chi connectivity index (χ4v) is 4.39. The monoisotopic (exact) mass is 493 g/mol. The van der Waals surface area contributed by atoms with Crippen molar-refractivity contribution in [3.63, 3.8) is 0 Å². The van der Waals surface area contributed by atoms with Crippen LogP contribution in [0.25, 0.3) is 5.57 Å². The van der Waals surface area contributed by atoms with E-state index in [2.05, 4.69) is 4.98 Å². The summed E-state index contributed by atoms with van der Waals surface area (Å²) in [7, 11) is 0. The van der Waals surface area contributed by atoms with Crippen molar-refractivity contribution in [3.05, 3.63) is 78.6 Å². The first-order valence-electron chi connectivity index (χ1n) is 12.1. The van der Waals surface area contributed by atoms with Gasteiger partial charge in [0.25, 0.3) is 5.91 Å².